The van der Waals surface area contributed by atoms with Crippen molar-refractivity contribution in [2.75, 3.05) is 0 Å². The molecule has 0 fully saturated rings. The standard InChI is InChI=1S/C2H2FO3P.Li.H/c3-1(4)2(5)6-7;;/h7H2;;/q;+1;-1. The van der Waals surface area contributed by atoms with Crippen LogP contribution in [0.25, 0.3) is 0 Å². The molecule has 1 atom stereocenters. The molecule has 0 aromatic heterocycles. The van der Waals surface area contributed by atoms with Crippen molar-refractivity contribution >= 4 is 21.5 Å². The summed E-state index contributed by atoms with van der Waals surface area (Å²) in [6.07, 6.45) is 0. The first kappa shape index (κ1) is 11.0. The largest absolute Gasteiger partial charge is 1.00 e. The van der Waals surface area contributed by atoms with Crippen LogP contribution < -0.4 is 18.9 Å². The minimum Gasteiger partial charge on any atom is -1.00 e. The summed E-state index contributed by atoms with van der Waals surface area (Å²) in [6.45, 7) is 0. The molecule has 42 valence electrons. The molecule has 3 nitrogen and oxygen atoms in total. The van der Waals surface area contributed by atoms with E-state index in [2.05, 4.69) is 4.52 Å². The normalized spacial score (nSPS) is 6.75. The second kappa shape index (κ2) is 5.24. The summed E-state index contributed by atoms with van der Waals surface area (Å²) in [4.78, 5) is 18.8. The second-order valence-corrected chi connectivity index (χ2v) is 0.915. The molecule has 0 aliphatic rings. The Morgan fingerprint density at radius 2 is 2.00 bits per heavy atom. The molecule has 0 radical (unpaired) electrons. The topological polar surface area (TPSA) is 43.4 Å². The van der Waals surface area contributed by atoms with Crippen molar-refractivity contribution in [3.05, 3.63) is 0 Å². The Labute approximate surface area is 60.9 Å². The Morgan fingerprint density at radius 3 is 2.00 bits per heavy atom. The molecule has 0 saturated heterocycles. The first-order chi connectivity index (χ1) is 3.18. The Kier molecular flexibility index (Phi) is 7.18. The Bertz CT molecular complexity index is 110. The second-order valence-electron chi connectivity index (χ2n) is 0.679. The van der Waals surface area contributed by atoms with Crippen LogP contribution in [-0.4, -0.2) is 12.0 Å². The van der Waals surface area contributed by atoms with Gasteiger partial charge in [0.1, 0.15) is 0 Å². The third-order valence-corrected chi connectivity index (χ3v) is 0.482. The predicted molar refractivity (Wildman–Crippen MR) is 23.0 cm³/mol. The molecule has 0 aliphatic heterocycles. The predicted octanol–water partition coefficient (Wildman–Crippen LogP) is -3.07. The zero-order valence-electron chi connectivity index (χ0n) is 5.18. The van der Waals surface area contributed by atoms with Gasteiger partial charge in [-0.3, -0.25) is 0 Å². The van der Waals surface area contributed by atoms with E-state index in [1.807, 2.05) is 0 Å². The van der Waals surface area contributed by atoms with Gasteiger partial charge in [0.05, 0.1) is 9.47 Å². The van der Waals surface area contributed by atoms with Gasteiger partial charge in [-0.05, 0) is 0 Å². The molecule has 0 aromatic carbocycles. The molecule has 0 aliphatic carbocycles. The van der Waals surface area contributed by atoms with Crippen LogP contribution in [0.3, 0.4) is 0 Å². The summed E-state index contributed by atoms with van der Waals surface area (Å²) in [5.41, 5.74) is 0. The van der Waals surface area contributed by atoms with E-state index in [1.54, 1.807) is 0 Å². The summed E-state index contributed by atoms with van der Waals surface area (Å²) in [5, 5.41) is 0. The number of hydrogen-bond donors (Lipinski definition) is 0. The molecule has 0 bridgehead atoms. The Balaban J connectivity index is -0.000000180. The molecule has 0 rings (SSSR count). The number of halogens is 1. The van der Waals surface area contributed by atoms with Crippen molar-refractivity contribution in [1.82, 2.24) is 0 Å². The van der Waals surface area contributed by atoms with Gasteiger partial charge in [-0.1, -0.05) is 0 Å². The third kappa shape index (κ3) is 4.26. The van der Waals surface area contributed by atoms with Gasteiger partial charge < -0.3 is 5.95 Å². The van der Waals surface area contributed by atoms with Crippen LogP contribution in [0.4, 0.5) is 4.39 Å². The van der Waals surface area contributed by atoms with Crippen molar-refractivity contribution in [3.63, 3.8) is 0 Å². The van der Waals surface area contributed by atoms with Crippen LogP contribution in [0.15, 0.2) is 0 Å². The molecule has 0 saturated carbocycles. The van der Waals surface area contributed by atoms with Crippen molar-refractivity contribution in [3.8, 4) is 0 Å². The van der Waals surface area contributed by atoms with Gasteiger partial charge in [0.2, 0.25) is 0 Å². The van der Waals surface area contributed by atoms with Crippen LogP contribution in [-0.2, 0) is 14.1 Å². The number of hydrogen-bond acceptors (Lipinski definition) is 3. The number of rotatable bonds is 1. The molecule has 0 aromatic rings. The van der Waals surface area contributed by atoms with Crippen LogP contribution in [0.1, 0.15) is 1.43 Å². The van der Waals surface area contributed by atoms with E-state index in [0.717, 1.165) is 0 Å². The fourth-order valence-corrected chi connectivity index (χ4v) is 0.139. The van der Waals surface area contributed by atoms with Gasteiger partial charge in [-0.15, -0.1) is 0 Å². The van der Waals surface area contributed by atoms with Crippen molar-refractivity contribution in [1.29, 1.82) is 0 Å². The zero-order chi connectivity index (χ0) is 5.86. The first-order valence-electron chi connectivity index (χ1n) is 1.29. The van der Waals surface area contributed by atoms with Gasteiger partial charge in [-0.2, -0.15) is 4.39 Å². The van der Waals surface area contributed by atoms with Crippen LogP contribution in [0.5, 0.6) is 0 Å². The smallest absolute Gasteiger partial charge is 1.00 e. The summed E-state index contributed by atoms with van der Waals surface area (Å²) in [6, 6.07) is -2.09. The van der Waals surface area contributed by atoms with Crippen LogP contribution in [0.2, 0.25) is 0 Å². The Hall–Kier alpha value is 0.0974. The van der Waals surface area contributed by atoms with Crippen LogP contribution >= 0.6 is 9.47 Å². The quantitative estimate of drug-likeness (QED) is 0.164. The molecule has 0 heterocycles. The fourth-order valence-electron chi connectivity index (χ4n) is 0.0463. The Morgan fingerprint density at radius 1 is 1.62 bits per heavy atom. The fraction of sp³-hybridized carbons (Fsp3) is 0. The first-order valence-corrected chi connectivity index (χ1v) is 1.76. The van der Waals surface area contributed by atoms with Crippen LogP contribution in [0, 0.1) is 0 Å². The number of carbonyl (C=O) groups is 2. The molecule has 1 unspecified atom stereocenters. The summed E-state index contributed by atoms with van der Waals surface area (Å²) in [7, 11) is 1.45. The van der Waals surface area contributed by atoms with Gasteiger partial charge >= 0.3 is 30.9 Å². The van der Waals surface area contributed by atoms with Gasteiger partial charge in [0, 0.05) is 0 Å². The SMILES string of the molecule is O=C(F)C(=O)OP.[H-].[Li+]. The van der Waals surface area contributed by atoms with Crippen molar-refractivity contribution in [2.24, 2.45) is 0 Å². The molecule has 0 spiro atoms. The van der Waals surface area contributed by atoms with E-state index in [-0.39, 0.29) is 20.3 Å². The maximum Gasteiger partial charge on any atom is 1.00 e. The monoisotopic (exact) mass is 132 g/mol. The van der Waals surface area contributed by atoms with E-state index in [0.29, 0.717) is 0 Å². The molecule has 0 N–H and O–H groups in total. The number of carbonyl (C=O) groups excluding carboxylic acids is 2. The van der Waals surface area contributed by atoms with Gasteiger partial charge in [0.25, 0.3) is 0 Å². The molecular weight excluding hydrogens is 129 g/mol. The van der Waals surface area contributed by atoms with E-state index in [1.165, 1.54) is 9.47 Å². The zero-order valence-corrected chi connectivity index (χ0v) is 5.33. The van der Waals surface area contributed by atoms with Crippen molar-refractivity contribution < 1.29 is 38.8 Å². The summed E-state index contributed by atoms with van der Waals surface area (Å²) < 4.78 is 14.5. The summed E-state index contributed by atoms with van der Waals surface area (Å²) >= 11 is 0. The van der Waals surface area contributed by atoms with Crippen molar-refractivity contribution in [2.45, 2.75) is 0 Å². The maximum absolute atomic E-state index is 11.0. The van der Waals surface area contributed by atoms with E-state index >= 15 is 0 Å². The minimum absolute atomic E-state index is 0. The maximum atomic E-state index is 11.0. The molecular formula is C2H3FLiO3P. The molecule has 6 heteroatoms. The summed E-state index contributed by atoms with van der Waals surface area (Å²) in [5.74, 6) is -1.50. The van der Waals surface area contributed by atoms with E-state index in [4.69, 9.17) is 0 Å². The third-order valence-electron chi connectivity index (χ3n) is 0.268. The molecule has 8 heavy (non-hydrogen) atoms. The average molecular weight is 132 g/mol. The average Bonchev–Trinajstić information content (AvgIpc) is 1.65. The van der Waals surface area contributed by atoms with Gasteiger partial charge in [-0.25, -0.2) is 9.59 Å². The molecule has 0 amide bonds. The van der Waals surface area contributed by atoms with E-state index in [9.17, 15) is 14.0 Å². The van der Waals surface area contributed by atoms with Gasteiger partial charge in [0.15, 0.2) is 0 Å². The minimum atomic E-state index is -2.09. The van der Waals surface area contributed by atoms with E-state index < -0.39 is 12.0 Å².